The number of anilines is 1. The van der Waals surface area contributed by atoms with Gasteiger partial charge in [-0.2, -0.15) is 11.3 Å². The van der Waals surface area contributed by atoms with Crippen LogP contribution in [0.25, 0.3) is 0 Å². The second-order valence-corrected chi connectivity index (χ2v) is 7.42. The minimum Gasteiger partial charge on any atom is -0.346 e. The molecule has 1 atom stereocenters. The second-order valence-electron chi connectivity index (χ2n) is 6.64. The number of non-ortho nitro benzene ring substituents is 1. The first-order valence-corrected chi connectivity index (χ1v) is 10.1. The zero-order valence-corrected chi connectivity index (χ0v) is 16.1. The summed E-state index contributed by atoms with van der Waals surface area (Å²) in [6, 6.07) is 7.56. The molecule has 0 bridgehead atoms. The van der Waals surface area contributed by atoms with Crippen LogP contribution in [0.4, 0.5) is 11.4 Å². The number of carbonyl (C=O) groups excluding carboxylic acids is 2. The molecule has 0 spiro atoms. The molecule has 148 valence electrons. The molecule has 1 aromatic heterocycles. The van der Waals surface area contributed by atoms with Crippen molar-refractivity contribution in [2.75, 3.05) is 25.0 Å². The molecule has 1 aliphatic rings. The number of thiophene rings is 1. The van der Waals surface area contributed by atoms with E-state index in [0.29, 0.717) is 6.54 Å². The molecule has 2 aromatic rings. The molecule has 1 aliphatic heterocycles. The number of nitro groups is 1. The van der Waals surface area contributed by atoms with E-state index in [4.69, 9.17) is 0 Å². The van der Waals surface area contributed by atoms with Crippen LogP contribution in [0.3, 0.4) is 0 Å². The fourth-order valence-corrected chi connectivity index (χ4v) is 4.01. The highest BCUT2D eigenvalue weighted by molar-refractivity contribution is 7.08. The predicted molar refractivity (Wildman–Crippen MR) is 107 cm³/mol. The number of benzene rings is 1. The van der Waals surface area contributed by atoms with Crippen LogP contribution >= 0.6 is 11.3 Å². The fourth-order valence-electron chi connectivity index (χ4n) is 3.31. The van der Waals surface area contributed by atoms with Gasteiger partial charge in [-0.05, 0) is 54.4 Å². The number of nitrogens with zero attached hydrogens (tertiary/aromatic N) is 2. The molecule has 1 fully saturated rings. The summed E-state index contributed by atoms with van der Waals surface area (Å²) in [6.45, 7) is 2.27. The molecule has 8 nitrogen and oxygen atoms in total. The van der Waals surface area contributed by atoms with Crippen LogP contribution in [0.15, 0.2) is 41.1 Å². The molecule has 0 aliphatic carbocycles. The largest absolute Gasteiger partial charge is 0.346 e. The van der Waals surface area contributed by atoms with Gasteiger partial charge in [0.2, 0.25) is 0 Å². The van der Waals surface area contributed by atoms with Crippen LogP contribution in [0.1, 0.15) is 30.9 Å². The molecule has 0 saturated carbocycles. The maximum Gasteiger partial charge on any atom is 0.313 e. The standard InChI is InChI=1S/C19H22N4O4S/c24-18(19(25)21-15-5-4-6-16(11-15)23(26)27)20-12-17(14-7-10-28-13-14)22-8-2-1-3-9-22/h4-7,10-11,13,17H,1-3,8-9,12H2,(H,20,24)(H,21,25). The van der Waals surface area contributed by atoms with Gasteiger partial charge in [0.25, 0.3) is 5.69 Å². The Bertz CT molecular complexity index is 834. The highest BCUT2D eigenvalue weighted by Gasteiger charge is 2.24. The van der Waals surface area contributed by atoms with Gasteiger partial charge in [0.05, 0.1) is 11.0 Å². The molecule has 9 heteroatoms. The van der Waals surface area contributed by atoms with Crippen molar-refractivity contribution in [1.82, 2.24) is 10.2 Å². The smallest absolute Gasteiger partial charge is 0.313 e. The van der Waals surface area contributed by atoms with Gasteiger partial charge in [0.15, 0.2) is 0 Å². The Kier molecular flexibility index (Phi) is 6.72. The molecular formula is C19H22N4O4S. The monoisotopic (exact) mass is 402 g/mol. The van der Waals surface area contributed by atoms with Crippen LogP contribution in [-0.4, -0.2) is 41.3 Å². The van der Waals surface area contributed by atoms with Crippen molar-refractivity contribution >= 4 is 34.5 Å². The van der Waals surface area contributed by atoms with Crippen molar-refractivity contribution in [2.45, 2.75) is 25.3 Å². The highest BCUT2D eigenvalue weighted by atomic mass is 32.1. The van der Waals surface area contributed by atoms with Gasteiger partial charge in [-0.1, -0.05) is 12.5 Å². The Morgan fingerprint density at radius 2 is 1.96 bits per heavy atom. The van der Waals surface area contributed by atoms with E-state index in [1.54, 1.807) is 11.3 Å². The lowest BCUT2D eigenvalue weighted by Crippen LogP contribution is -2.43. The molecule has 28 heavy (non-hydrogen) atoms. The van der Waals surface area contributed by atoms with Crippen LogP contribution in [-0.2, 0) is 9.59 Å². The maximum absolute atomic E-state index is 12.3. The molecule has 0 radical (unpaired) electrons. The summed E-state index contributed by atoms with van der Waals surface area (Å²) in [5.41, 5.74) is 1.19. The Balaban J connectivity index is 1.60. The molecule has 2 heterocycles. The van der Waals surface area contributed by atoms with Gasteiger partial charge >= 0.3 is 11.8 Å². The van der Waals surface area contributed by atoms with Crippen molar-refractivity contribution in [3.8, 4) is 0 Å². The van der Waals surface area contributed by atoms with Crippen molar-refractivity contribution in [1.29, 1.82) is 0 Å². The Morgan fingerprint density at radius 3 is 2.64 bits per heavy atom. The number of carbonyl (C=O) groups is 2. The number of rotatable bonds is 6. The van der Waals surface area contributed by atoms with E-state index in [9.17, 15) is 19.7 Å². The SMILES string of the molecule is O=C(NCC(c1ccsc1)N1CCCCC1)C(=O)Nc1cccc([N+](=O)[O-])c1. The topological polar surface area (TPSA) is 105 Å². The molecule has 3 rings (SSSR count). The lowest BCUT2D eigenvalue weighted by atomic mass is 10.0. The van der Waals surface area contributed by atoms with Gasteiger partial charge in [0.1, 0.15) is 0 Å². The zero-order chi connectivity index (χ0) is 19.9. The van der Waals surface area contributed by atoms with E-state index in [0.717, 1.165) is 31.5 Å². The Labute approximate surface area is 166 Å². The van der Waals surface area contributed by atoms with Crippen LogP contribution in [0.2, 0.25) is 0 Å². The van der Waals surface area contributed by atoms with E-state index in [-0.39, 0.29) is 17.4 Å². The summed E-state index contributed by atoms with van der Waals surface area (Å²) in [4.78, 5) is 37.0. The number of piperidine rings is 1. The van der Waals surface area contributed by atoms with Crippen molar-refractivity contribution in [3.63, 3.8) is 0 Å². The van der Waals surface area contributed by atoms with Crippen LogP contribution in [0.5, 0.6) is 0 Å². The molecule has 2 amide bonds. The first-order chi connectivity index (χ1) is 13.5. The van der Waals surface area contributed by atoms with Crippen molar-refractivity contribution in [3.05, 3.63) is 56.8 Å². The summed E-state index contributed by atoms with van der Waals surface area (Å²) in [5.74, 6) is -1.60. The average molecular weight is 402 g/mol. The van der Waals surface area contributed by atoms with Gasteiger partial charge in [-0.15, -0.1) is 0 Å². The first kappa shape index (κ1) is 20.0. The van der Waals surface area contributed by atoms with Crippen LogP contribution < -0.4 is 10.6 Å². The zero-order valence-electron chi connectivity index (χ0n) is 15.3. The third kappa shape index (κ3) is 5.14. The van der Waals surface area contributed by atoms with Crippen LogP contribution in [0, 0.1) is 10.1 Å². The van der Waals surface area contributed by atoms with E-state index in [1.807, 2.05) is 11.4 Å². The molecule has 1 unspecified atom stereocenters. The molecular weight excluding hydrogens is 380 g/mol. The summed E-state index contributed by atoms with van der Waals surface area (Å²) in [5, 5.41) is 20.0. The van der Waals surface area contributed by atoms with Crippen molar-refractivity contribution in [2.24, 2.45) is 0 Å². The number of hydrogen-bond acceptors (Lipinski definition) is 6. The minimum atomic E-state index is -0.844. The quantitative estimate of drug-likeness (QED) is 0.439. The molecule has 1 aromatic carbocycles. The predicted octanol–water partition coefficient (Wildman–Crippen LogP) is 2.94. The second kappa shape index (κ2) is 9.43. The number of likely N-dealkylation sites (tertiary alicyclic amines) is 1. The molecule has 1 saturated heterocycles. The molecule has 2 N–H and O–H groups in total. The van der Waals surface area contributed by atoms with E-state index in [2.05, 4.69) is 20.9 Å². The van der Waals surface area contributed by atoms with Crippen molar-refractivity contribution < 1.29 is 14.5 Å². The normalized spacial score (nSPS) is 15.6. The lowest BCUT2D eigenvalue weighted by molar-refractivity contribution is -0.384. The minimum absolute atomic E-state index is 0.0288. The van der Waals surface area contributed by atoms with Gasteiger partial charge < -0.3 is 10.6 Å². The summed E-state index contributed by atoms with van der Waals surface area (Å²) in [7, 11) is 0. The number of nitrogens with one attached hydrogen (secondary N) is 2. The third-order valence-corrected chi connectivity index (χ3v) is 5.44. The van der Waals surface area contributed by atoms with Gasteiger partial charge in [-0.25, -0.2) is 0 Å². The van der Waals surface area contributed by atoms with E-state index < -0.39 is 16.7 Å². The summed E-state index contributed by atoms with van der Waals surface area (Å²) < 4.78 is 0. The fraction of sp³-hybridized carbons (Fsp3) is 0.368. The Hall–Kier alpha value is -2.78. The van der Waals surface area contributed by atoms with E-state index >= 15 is 0 Å². The number of nitro benzene ring substituents is 1. The summed E-state index contributed by atoms with van der Waals surface area (Å²) >= 11 is 1.60. The van der Waals surface area contributed by atoms with Gasteiger partial charge in [0, 0.05) is 24.4 Å². The number of amides is 2. The average Bonchev–Trinajstić information content (AvgIpc) is 3.23. The first-order valence-electron chi connectivity index (χ1n) is 9.14. The lowest BCUT2D eigenvalue weighted by Gasteiger charge is -2.34. The number of hydrogen-bond donors (Lipinski definition) is 2. The van der Waals surface area contributed by atoms with E-state index in [1.165, 1.54) is 30.7 Å². The third-order valence-electron chi connectivity index (χ3n) is 4.74. The highest BCUT2D eigenvalue weighted by Crippen LogP contribution is 2.25. The van der Waals surface area contributed by atoms with Gasteiger partial charge in [-0.3, -0.25) is 24.6 Å². The Morgan fingerprint density at radius 1 is 1.18 bits per heavy atom. The summed E-state index contributed by atoms with van der Waals surface area (Å²) in [6.07, 6.45) is 3.47. The maximum atomic E-state index is 12.3.